The van der Waals surface area contributed by atoms with Gasteiger partial charge in [0, 0.05) is 25.5 Å². The molecule has 1 aromatic carbocycles. The second kappa shape index (κ2) is 6.78. The van der Waals surface area contributed by atoms with Gasteiger partial charge in [-0.15, -0.1) is 5.10 Å². The van der Waals surface area contributed by atoms with Crippen molar-refractivity contribution in [1.29, 1.82) is 0 Å². The van der Waals surface area contributed by atoms with Crippen LogP contribution < -0.4 is 0 Å². The molecule has 1 unspecified atom stereocenters. The number of hydrogen-bond donors (Lipinski definition) is 1. The number of hydrogen-bond acceptors (Lipinski definition) is 5. The van der Waals surface area contributed by atoms with Crippen LogP contribution in [0.5, 0.6) is 0 Å². The summed E-state index contributed by atoms with van der Waals surface area (Å²) < 4.78 is 3.59. The molecule has 7 heteroatoms. The van der Waals surface area contributed by atoms with Crippen molar-refractivity contribution in [2.45, 2.75) is 31.5 Å². The SMILES string of the molecule is OC1(Cn2ccnn2)CCCN(Cc2ccn(-c3ccccc3)n2)C1. The van der Waals surface area contributed by atoms with Gasteiger partial charge < -0.3 is 5.11 Å². The van der Waals surface area contributed by atoms with E-state index < -0.39 is 5.60 Å². The largest absolute Gasteiger partial charge is 0.387 e. The van der Waals surface area contributed by atoms with E-state index in [1.165, 1.54) is 0 Å². The van der Waals surface area contributed by atoms with E-state index in [0.29, 0.717) is 13.1 Å². The van der Waals surface area contributed by atoms with E-state index in [4.69, 9.17) is 0 Å². The minimum atomic E-state index is -0.770. The van der Waals surface area contributed by atoms with E-state index in [2.05, 4.69) is 20.3 Å². The number of piperidine rings is 1. The van der Waals surface area contributed by atoms with Crippen molar-refractivity contribution >= 4 is 0 Å². The number of aliphatic hydroxyl groups is 1. The highest BCUT2D eigenvalue weighted by Gasteiger charge is 2.34. The lowest BCUT2D eigenvalue weighted by Crippen LogP contribution is -2.50. The average Bonchev–Trinajstić information content (AvgIpc) is 3.27. The molecule has 1 aliphatic heterocycles. The summed E-state index contributed by atoms with van der Waals surface area (Å²) in [6.07, 6.45) is 7.15. The zero-order valence-corrected chi connectivity index (χ0v) is 14.1. The summed E-state index contributed by atoms with van der Waals surface area (Å²) in [7, 11) is 0. The van der Waals surface area contributed by atoms with Gasteiger partial charge in [-0.05, 0) is 37.6 Å². The number of rotatable bonds is 5. The highest BCUT2D eigenvalue weighted by atomic mass is 16.3. The predicted octanol–water partition coefficient (Wildman–Crippen LogP) is 1.49. The molecule has 0 spiro atoms. The summed E-state index contributed by atoms with van der Waals surface area (Å²) in [6.45, 7) is 2.80. The fraction of sp³-hybridized carbons (Fsp3) is 0.389. The van der Waals surface area contributed by atoms with Gasteiger partial charge in [-0.25, -0.2) is 9.36 Å². The number of nitrogens with zero attached hydrogens (tertiary/aromatic N) is 6. The molecule has 3 aromatic rings. The number of likely N-dealkylation sites (tertiary alicyclic amines) is 1. The van der Waals surface area contributed by atoms with E-state index >= 15 is 0 Å². The van der Waals surface area contributed by atoms with Gasteiger partial charge in [0.05, 0.1) is 29.7 Å². The molecule has 0 saturated carbocycles. The molecule has 0 amide bonds. The fourth-order valence-corrected chi connectivity index (χ4v) is 3.49. The van der Waals surface area contributed by atoms with Crippen molar-refractivity contribution in [2.24, 2.45) is 0 Å². The molecule has 1 aliphatic rings. The minimum absolute atomic E-state index is 0.474. The lowest BCUT2D eigenvalue weighted by atomic mass is 9.92. The lowest BCUT2D eigenvalue weighted by molar-refractivity contribution is -0.0481. The Labute approximate surface area is 146 Å². The first-order valence-electron chi connectivity index (χ1n) is 8.59. The summed E-state index contributed by atoms with van der Waals surface area (Å²) in [5.41, 5.74) is 1.29. The third kappa shape index (κ3) is 3.78. The minimum Gasteiger partial charge on any atom is -0.387 e. The van der Waals surface area contributed by atoms with Crippen molar-refractivity contribution in [1.82, 2.24) is 29.7 Å². The van der Waals surface area contributed by atoms with E-state index in [-0.39, 0.29) is 0 Å². The van der Waals surface area contributed by atoms with Crippen molar-refractivity contribution in [3.8, 4) is 5.69 Å². The van der Waals surface area contributed by atoms with Crippen LogP contribution in [-0.2, 0) is 13.1 Å². The van der Waals surface area contributed by atoms with E-state index in [1.54, 1.807) is 17.1 Å². The topological polar surface area (TPSA) is 72.0 Å². The van der Waals surface area contributed by atoms with E-state index in [9.17, 15) is 5.11 Å². The van der Waals surface area contributed by atoms with Gasteiger partial charge in [0.1, 0.15) is 0 Å². The quantitative estimate of drug-likeness (QED) is 0.763. The predicted molar refractivity (Wildman–Crippen MR) is 93.0 cm³/mol. The van der Waals surface area contributed by atoms with Crippen LogP contribution in [0.15, 0.2) is 55.0 Å². The van der Waals surface area contributed by atoms with Crippen LogP contribution in [0.2, 0.25) is 0 Å². The van der Waals surface area contributed by atoms with Gasteiger partial charge in [0.15, 0.2) is 0 Å². The van der Waals surface area contributed by atoms with Gasteiger partial charge in [-0.2, -0.15) is 5.10 Å². The molecule has 4 rings (SSSR count). The number of benzene rings is 1. The Balaban J connectivity index is 1.42. The summed E-state index contributed by atoms with van der Waals surface area (Å²) >= 11 is 0. The standard InChI is InChI=1S/C18H22N6O/c25-18(15-23-12-9-19-21-23)8-4-10-22(14-18)13-16-7-11-24(20-16)17-5-2-1-3-6-17/h1-3,5-7,9,11-12,25H,4,8,10,13-15H2. The third-order valence-corrected chi connectivity index (χ3v) is 4.61. The molecule has 1 N–H and O–H groups in total. The molecule has 3 heterocycles. The molecule has 7 nitrogen and oxygen atoms in total. The Kier molecular flexibility index (Phi) is 4.33. The van der Waals surface area contributed by atoms with Crippen LogP contribution in [0.4, 0.5) is 0 Å². The van der Waals surface area contributed by atoms with Crippen LogP contribution in [0, 0.1) is 0 Å². The Morgan fingerprint density at radius 1 is 1.12 bits per heavy atom. The Bertz CT molecular complexity index is 800. The van der Waals surface area contributed by atoms with Crippen LogP contribution in [0.25, 0.3) is 5.69 Å². The van der Waals surface area contributed by atoms with Gasteiger partial charge in [0.25, 0.3) is 0 Å². The van der Waals surface area contributed by atoms with Crippen molar-refractivity contribution < 1.29 is 5.11 Å². The molecule has 25 heavy (non-hydrogen) atoms. The molecule has 0 radical (unpaired) electrons. The smallest absolute Gasteiger partial charge is 0.0970 e. The first-order chi connectivity index (χ1) is 12.2. The zero-order chi connectivity index (χ0) is 17.1. The average molecular weight is 338 g/mol. The molecule has 1 atom stereocenters. The van der Waals surface area contributed by atoms with Crippen LogP contribution >= 0.6 is 0 Å². The van der Waals surface area contributed by atoms with Gasteiger partial charge in [0.2, 0.25) is 0 Å². The first-order valence-corrected chi connectivity index (χ1v) is 8.59. The lowest BCUT2D eigenvalue weighted by Gasteiger charge is -2.38. The molecule has 0 aliphatic carbocycles. The maximum atomic E-state index is 10.9. The maximum Gasteiger partial charge on any atom is 0.0970 e. The first kappa shape index (κ1) is 16.0. The van der Waals surface area contributed by atoms with Gasteiger partial charge >= 0.3 is 0 Å². The molecule has 2 aromatic heterocycles. The number of β-amino-alcohol motifs (C(OH)–C–C–N with tert-alkyl or cyclic N) is 1. The summed E-state index contributed by atoms with van der Waals surface area (Å²) in [5, 5.41) is 23.4. The van der Waals surface area contributed by atoms with Gasteiger partial charge in [-0.3, -0.25) is 4.90 Å². The maximum absolute atomic E-state index is 10.9. The van der Waals surface area contributed by atoms with Crippen molar-refractivity contribution in [3.63, 3.8) is 0 Å². The number of para-hydroxylation sites is 1. The van der Waals surface area contributed by atoms with E-state index in [0.717, 1.165) is 37.3 Å². The molecular formula is C18H22N6O. The van der Waals surface area contributed by atoms with Crippen molar-refractivity contribution in [3.05, 3.63) is 60.7 Å². The third-order valence-electron chi connectivity index (χ3n) is 4.61. The Morgan fingerprint density at radius 3 is 2.80 bits per heavy atom. The second-order valence-electron chi connectivity index (χ2n) is 6.73. The van der Waals surface area contributed by atoms with Gasteiger partial charge in [-0.1, -0.05) is 23.4 Å². The molecule has 1 fully saturated rings. The highest BCUT2D eigenvalue weighted by molar-refractivity contribution is 5.30. The van der Waals surface area contributed by atoms with E-state index in [1.807, 2.05) is 47.3 Å². The molecule has 1 saturated heterocycles. The van der Waals surface area contributed by atoms with Crippen LogP contribution in [0.3, 0.4) is 0 Å². The van der Waals surface area contributed by atoms with Crippen molar-refractivity contribution in [2.75, 3.05) is 13.1 Å². The molecular weight excluding hydrogens is 316 g/mol. The fourth-order valence-electron chi connectivity index (χ4n) is 3.49. The highest BCUT2D eigenvalue weighted by Crippen LogP contribution is 2.24. The summed E-state index contributed by atoms with van der Waals surface area (Å²) in [5.74, 6) is 0. The molecule has 0 bridgehead atoms. The Hall–Kier alpha value is -2.51. The monoisotopic (exact) mass is 338 g/mol. The van der Waals surface area contributed by atoms with Crippen LogP contribution in [-0.4, -0.2) is 53.5 Å². The normalized spacial score (nSPS) is 21.5. The zero-order valence-electron chi connectivity index (χ0n) is 14.1. The van der Waals surface area contributed by atoms with Crippen LogP contribution in [0.1, 0.15) is 18.5 Å². The summed E-state index contributed by atoms with van der Waals surface area (Å²) in [4.78, 5) is 2.26. The summed E-state index contributed by atoms with van der Waals surface area (Å²) in [6, 6.07) is 12.1. The Morgan fingerprint density at radius 2 is 2.00 bits per heavy atom. The molecule has 130 valence electrons. The number of aromatic nitrogens is 5. The second-order valence-corrected chi connectivity index (χ2v) is 6.73.